The smallest absolute Gasteiger partial charge is 0.414 e. The van der Waals surface area contributed by atoms with Crippen molar-refractivity contribution in [3.05, 3.63) is 34.4 Å². The summed E-state index contributed by atoms with van der Waals surface area (Å²) in [6.45, 7) is 5.54. The summed E-state index contributed by atoms with van der Waals surface area (Å²) in [6.07, 6.45) is 1.31. The summed E-state index contributed by atoms with van der Waals surface area (Å²) in [7, 11) is 1.70. The number of rotatable bonds is 2. The topological polar surface area (TPSA) is 42.4 Å². The lowest BCUT2D eigenvalue weighted by molar-refractivity contribution is 0.0589. The maximum Gasteiger partial charge on any atom is 0.414 e. The van der Waals surface area contributed by atoms with Gasteiger partial charge in [-0.3, -0.25) is 9.88 Å². The number of hydrogen-bond donors (Lipinski definition) is 0. The minimum Gasteiger partial charge on any atom is -0.443 e. The number of carbonyl (C=O) groups is 1. The Morgan fingerprint density at radius 2 is 2.05 bits per heavy atom. The number of anilines is 1. The van der Waals surface area contributed by atoms with E-state index in [0.717, 1.165) is 26.6 Å². The van der Waals surface area contributed by atoms with Crippen LogP contribution in [0.4, 0.5) is 10.5 Å². The fraction of sp³-hybridized carbons (Fsp3) is 0.375. The minimum absolute atomic E-state index is 0.397. The highest BCUT2D eigenvalue weighted by Crippen LogP contribution is 2.31. The van der Waals surface area contributed by atoms with Gasteiger partial charge in [0.15, 0.2) is 0 Å². The molecule has 0 aliphatic carbocycles. The van der Waals surface area contributed by atoms with E-state index in [9.17, 15) is 4.79 Å². The Hall–Kier alpha value is -1.14. The normalized spacial score (nSPS) is 11.5. The number of nitrogens with zero attached hydrogens (tertiary/aromatic N) is 2. The van der Waals surface area contributed by atoms with Crippen LogP contribution in [0.15, 0.2) is 28.9 Å². The number of fused-ring (bicyclic) bond motifs is 1. The van der Waals surface area contributed by atoms with Gasteiger partial charge in [0.1, 0.15) is 5.60 Å². The maximum absolute atomic E-state index is 12.3. The van der Waals surface area contributed by atoms with Crippen molar-refractivity contribution in [1.82, 2.24) is 4.98 Å². The molecule has 1 aromatic heterocycles. The number of halogens is 2. The van der Waals surface area contributed by atoms with Crippen molar-refractivity contribution in [2.45, 2.75) is 31.7 Å². The van der Waals surface area contributed by atoms with E-state index < -0.39 is 11.7 Å². The fourth-order valence-electron chi connectivity index (χ4n) is 2.07. The van der Waals surface area contributed by atoms with Crippen molar-refractivity contribution in [3.8, 4) is 0 Å². The van der Waals surface area contributed by atoms with Crippen LogP contribution in [0.3, 0.4) is 0 Å². The summed E-state index contributed by atoms with van der Waals surface area (Å²) < 4.78 is 6.40. The number of aromatic nitrogens is 1. The van der Waals surface area contributed by atoms with Crippen LogP contribution in [0.5, 0.6) is 0 Å². The van der Waals surface area contributed by atoms with Crippen LogP contribution in [0.2, 0.25) is 0 Å². The van der Waals surface area contributed by atoms with Crippen molar-refractivity contribution in [1.29, 1.82) is 0 Å². The first-order valence-corrected chi connectivity index (χ1v) is 8.74. The highest BCUT2D eigenvalue weighted by atomic mass is 79.9. The molecule has 22 heavy (non-hydrogen) atoms. The minimum atomic E-state index is -0.535. The monoisotopic (exact) mass is 428 g/mol. The SMILES string of the molecule is CN(C(=O)OC(C)(C)C)c1cnc2ccc(Br)cc2c1CBr. The van der Waals surface area contributed by atoms with Gasteiger partial charge in [0.25, 0.3) is 0 Å². The lowest BCUT2D eigenvalue weighted by Gasteiger charge is -2.26. The summed E-state index contributed by atoms with van der Waals surface area (Å²) in [5.41, 5.74) is 2.09. The van der Waals surface area contributed by atoms with E-state index in [1.165, 1.54) is 4.90 Å². The highest BCUT2D eigenvalue weighted by molar-refractivity contribution is 9.10. The molecule has 1 amide bonds. The van der Waals surface area contributed by atoms with Crippen LogP contribution in [0.1, 0.15) is 26.3 Å². The quantitative estimate of drug-likeness (QED) is 0.611. The predicted molar refractivity (Wildman–Crippen MR) is 96.7 cm³/mol. The van der Waals surface area contributed by atoms with Crippen LogP contribution in [0.25, 0.3) is 10.9 Å². The van der Waals surface area contributed by atoms with Gasteiger partial charge >= 0.3 is 6.09 Å². The fourth-order valence-corrected chi connectivity index (χ4v) is 3.02. The van der Waals surface area contributed by atoms with Gasteiger partial charge in [-0.25, -0.2) is 4.79 Å². The van der Waals surface area contributed by atoms with Gasteiger partial charge in [0, 0.05) is 22.2 Å². The summed E-state index contributed by atoms with van der Waals surface area (Å²) in [5, 5.41) is 1.62. The van der Waals surface area contributed by atoms with Crippen molar-refractivity contribution in [2.75, 3.05) is 11.9 Å². The van der Waals surface area contributed by atoms with Gasteiger partial charge in [-0.15, -0.1) is 0 Å². The van der Waals surface area contributed by atoms with Crippen LogP contribution >= 0.6 is 31.9 Å². The molecule has 0 unspecified atom stereocenters. The second-order valence-electron chi connectivity index (χ2n) is 5.96. The largest absolute Gasteiger partial charge is 0.443 e. The van der Waals surface area contributed by atoms with Gasteiger partial charge < -0.3 is 4.74 Å². The van der Waals surface area contributed by atoms with Gasteiger partial charge in [-0.1, -0.05) is 31.9 Å². The third-order valence-corrected chi connectivity index (χ3v) is 4.14. The molecular weight excluding hydrogens is 412 g/mol. The third kappa shape index (κ3) is 3.79. The van der Waals surface area contributed by atoms with Crippen molar-refractivity contribution < 1.29 is 9.53 Å². The number of alkyl halides is 1. The van der Waals surface area contributed by atoms with E-state index in [4.69, 9.17) is 4.74 Å². The predicted octanol–water partition coefficient (Wildman–Crippen LogP) is 5.26. The van der Waals surface area contributed by atoms with Gasteiger partial charge in [-0.05, 0) is 44.5 Å². The van der Waals surface area contributed by atoms with E-state index in [0.29, 0.717) is 5.33 Å². The standard InChI is InChI=1S/C16H18Br2N2O2/c1-16(2,3)22-15(21)20(4)14-9-19-13-6-5-10(18)7-11(13)12(14)8-17/h5-7,9H,8H2,1-4H3. The Morgan fingerprint density at radius 1 is 1.36 bits per heavy atom. The maximum atomic E-state index is 12.3. The molecule has 0 aliphatic rings. The van der Waals surface area contributed by atoms with E-state index in [-0.39, 0.29) is 0 Å². The number of amides is 1. The highest BCUT2D eigenvalue weighted by Gasteiger charge is 2.23. The zero-order valence-corrected chi connectivity index (χ0v) is 16.2. The molecule has 0 bridgehead atoms. The molecular formula is C16H18Br2N2O2. The lowest BCUT2D eigenvalue weighted by atomic mass is 10.1. The summed E-state index contributed by atoms with van der Waals surface area (Å²) >= 11 is 6.99. The molecule has 2 rings (SSSR count). The Labute approximate surface area is 147 Å². The first-order chi connectivity index (χ1) is 10.2. The number of ether oxygens (including phenoxy) is 1. The van der Waals surface area contributed by atoms with Gasteiger partial charge in [0.05, 0.1) is 17.4 Å². The van der Waals surface area contributed by atoms with E-state index >= 15 is 0 Å². The first kappa shape index (κ1) is 17.2. The molecule has 1 heterocycles. The Balaban J connectivity index is 2.48. The van der Waals surface area contributed by atoms with Gasteiger partial charge in [-0.2, -0.15) is 0 Å². The number of benzene rings is 1. The molecule has 4 nitrogen and oxygen atoms in total. The molecule has 118 valence electrons. The summed E-state index contributed by atoms with van der Waals surface area (Å²) in [4.78, 5) is 18.2. The molecule has 0 saturated heterocycles. The Bertz CT molecular complexity index is 711. The van der Waals surface area contributed by atoms with Crippen LogP contribution in [-0.4, -0.2) is 23.7 Å². The zero-order chi connectivity index (χ0) is 16.5. The third-order valence-electron chi connectivity index (χ3n) is 3.08. The molecule has 0 aliphatic heterocycles. The number of carbonyl (C=O) groups excluding carboxylic acids is 1. The molecule has 2 aromatic rings. The molecule has 0 N–H and O–H groups in total. The Morgan fingerprint density at radius 3 is 2.64 bits per heavy atom. The second-order valence-corrected chi connectivity index (χ2v) is 7.43. The summed E-state index contributed by atoms with van der Waals surface area (Å²) in [6, 6.07) is 5.90. The second kappa shape index (κ2) is 6.54. The number of pyridine rings is 1. The average molecular weight is 430 g/mol. The summed E-state index contributed by atoms with van der Waals surface area (Å²) in [5.74, 6) is 0. The van der Waals surface area contributed by atoms with Crippen LogP contribution < -0.4 is 4.90 Å². The molecule has 6 heteroatoms. The van der Waals surface area contributed by atoms with Crippen molar-refractivity contribution in [3.63, 3.8) is 0 Å². The molecule has 0 spiro atoms. The van der Waals surface area contributed by atoms with Gasteiger partial charge in [0.2, 0.25) is 0 Å². The first-order valence-electron chi connectivity index (χ1n) is 6.83. The van der Waals surface area contributed by atoms with Crippen molar-refractivity contribution >= 4 is 54.5 Å². The molecule has 0 atom stereocenters. The Kier molecular flexibility index (Phi) is 5.12. The van der Waals surface area contributed by atoms with Crippen LogP contribution in [0, 0.1) is 0 Å². The lowest BCUT2D eigenvalue weighted by Crippen LogP contribution is -2.34. The van der Waals surface area contributed by atoms with E-state index in [1.54, 1.807) is 13.2 Å². The average Bonchev–Trinajstić information content (AvgIpc) is 2.43. The molecule has 0 fully saturated rings. The van der Waals surface area contributed by atoms with E-state index in [1.807, 2.05) is 39.0 Å². The van der Waals surface area contributed by atoms with Crippen molar-refractivity contribution in [2.24, 2.45) is 0 Å². The van der Waals surface area contributed by atoms with Crippen LogP contribution in [-0.2, 0) is 10.1 Å². The molecule has 1 aromatic carbocycles. The number of hydrogen-bond acceptors (Lipinski definition) is 3. The molecule has 0 radical (unpaired) electrons. The van der Waals surface area contributed by atoms with E-state index in [2.05, 4.69) is 36.8 Å². The zero-order valence-electron chi connectivity index (χ0n) is 13.0. The molecule has 0 saturated carbocycles.